The second-order valence-corrected chi connectivity index (χ2v) is 14.5. The SMILES string of the molecule is CC(C)Nc1nc(C(F)(F)F)ccc1C=CC(N)=O.CC(c1ccc(NS(C)(=O)=O)c(F)c1)N1CCN(NS(C)(=O)=O)[C@](F)(C(=O)O)C1. The first-order chi connectivity index (χ1) is 21.8. The molecule has 1 aromatic carbocycles. The zero-order valence-electron chi connectivity index (χ0n) is 26.3. The van der Waals surface area contributed by atoms with E-state index in [2.05, 4.69) is 10.3 Å². The van der Waals surface area contributed by atoms with Gasteiger partial charge in [0.2, 0.25) is 26.0 Å². The lowest BCUT2D eigenvalue weighted by Crippen LogP contribution is -2.68. The molecule has 2 aromatic rings. The molecule has 1 aliphatic heterocycles. The number of carboxylic acid groups (broad SMARTS) is 1. The topological polar surface area (TPSA) is 204 Å². The molecular weight excluding hydrogens is 693 g/mol. The number of benzene rings is 1. The summed E-state index contributed by atoms with van der Waals surface area (Å²) >= 11 is 0. The Bertz CT molecular complexity index is 1740. The second kappa shape index (κ2) is 15.5. The molecule has 6 N–H and O–H groups in total. The van der Waals surface area contributed by atoms with E-state index in [-0.39, 0.29) is 30.6 Å². The number of hydrazine groups is 1. The average molecular weight is 730 g/mol. The fourth-order valence-corrected chi connectivity index (χ4v) is 5.48. The number of rotatable bonds is 11. The number of aromatic nitrogens is 1. The smallest absolute Gasteiger partial charge is 0.433 e. The van der Waals surface area contributed by atoms with Gasteiger partial charge >= 0.3 is 12.1 Å². The van der Waals surface area contributed by atoms with Crippen LogP contribution in [0.3, 0.4) is 0 Å². The molecule has 14 nitrogen and oxygen atoms in total. The average Bonchev–Trinajstić information content (AvgIpc) is 2.92. The number of carboxylic acids is 1. The van der Waals surface area contributed by atoms with Crippen LogP contribution in [0.1, 0.15) is 43.6 Å². The van der Waals surface area contributed by atoms with Crippen LogP contribution in [-0.4, -0.2) is 92.7 Å². The number of nitrogens with two attached hydrogens (primary N) is 1. The Labute approximate surface area is 274 Å². The molecule has 2 heterocycles. The Hall–Kier alpha value is -3.92. The molecule has 0 spiro atoms. The Morgan fingerprint density at radius 3 is 2.17 bits per heavy atom. The normalized spacial score (nSPS) is 18.6. The van der Waals surface area contributed by atoms with Crippen LogP contribution in [0.4, 0.5) is 33.5 Å². The first-order valence-corrected chi connectivity index (χ1v) is 17.6. The van der Waals surface area contributed by atoms with Crippen molar-refractivity contribution in [1.29, 1.82) is 0 Å². The number of sulfonamides is 2. The molecule has 0 aliphatic carbocycles. The first kappa shape index (κ1) is 40.3. The standard InChI is InChI=1S/C15H22F2N4O6S2.C12H14F3N3O/c1-10(11-4-5-13(12(16)8-11)18-28(2,24)25)20-6-7-21(19-29(3,26)27)15(17,9-20)14(22)23;1-7(2)17-11-8(4-6-10(16)19)3-5-9(18-11)12(13,14)15/h4-5,8,10,18-19H,6-7,9H2,1-3H3,(H,22,23);3-7H,1-2H3,(H2,16,19)(H,17,18)/t10?,15-;/m0./s1. The summed E-state index contributed by atoms with van der Waals surface area (Å²) in [5.74, 6) is -6.38. The molecule has 3 rings (SSSR count). The molecule has 1 amide bonds. The molecule has 0 bridgehead atoms. The number of nitrogens with one attached hydrogen (secondary N) is 3. The van der Waals surface area contributed by atoms with Gasteiger partial charge in [0.15, 0.2) is 0 Å². The summed E-state index contributed by atoms with van der Waals surface area (Å²) in [6.45, 7) is 4.27. The van der Waals surface area contributed by atoms with Gasteiger partial charge < -0.3 is 16.2 Å². The summed E-state index contributed by atoms with van der Waals surface area (Å²) in [7, 11) is -7.57. The highest BCUT2D eigenvalue weighted by Gasteiger charge is 2.51. The molecule has 0 radical (unpaired) electrons. The van der Waals surface area contributed by atoms with E-state index in [1.54, 1.807) is 20.8 Å². The maximum atomic E-state index is 15.2. The zero-order valence-corrected chi connectivity index (χ0v) is 28.0. The van der Waals surface area contributed by atoms with E-state index in [0.29, 0.717) is 16.1 Å². The second-order valence-electron chi connectivity index (χ2n) is 11.0. The number of aliphatic carboxylic acids is 1. The Balaban J connectivity index is 0.000000365. The number of hydrogen-bond donors (Lipinski definition) is 5. The van der Waals surface area contributed by atoms with Crippen LogP contribution in [0.2, 0.25) is 0 Å². The molecule has 48 heavy (non-hydrogen) atoms. The predicted molar refractivity (Wildman–Crippen MR) is 167 cm³/mol. The van der Waals surface area contributed by atoms with E-state index in [4.69, 9.17) is 5.73 Å². The first-order valence-electron chi connectivity index (χ1n) is 13.8. The highest BCUT2D eigenvalue weighted by Crippen LogP contribution is 2.32. The van der Waals surface area contributed by atoms with Gasteiger partial charge in [-0.15, -0.1) is 4.83 Å². The Kier molecular flexibility index (Phi) is 13.0. The number of primary amides is 1. The number of anilines is 2. The van der Waals surface area contributed by atoms with Gasteiger partial charge in [-0.1, -0.05) is 6.07 Å². The quantitative estimate of drug-likeness (QED) is 0.129. The third kappa shape index (κ3) is 12.0. The van der Waals surface area contributed by atoms with Crippen molar-refractivity contribution >= 4 is 49.5 Å². The molecule has 21 heteroatoms. The van der Waals surface area contributed by atoms with E-state index >= 15 is 4.39 Å². The number of nitrogens with zero attached hydrogens (tertiary/aromatic N) is 3. The van der Waals surface area contributed by atoms with E-state index in [9.17, 15) is 49.1 Å². The highest BCUT2D eigenvalue weighted by molar-refractivity contribution is 7.92. The summed E-state index contributed by atoms with van der Waals surface area (Å²) in [5, 5.41) is 12.6. The number of alkyl halides is 4. The van der Waals surface area contributed by atoms with Gasteiger partial charge in [0.25, 0.3) is 5.79 Å². The molecular formula is C27H36F5N7O7S2. The van der Waals surface area contributed by atoms with Gasteiger partial charge in [0.05, 0.1) is 24.7 Å². The van der Waals surface area contributed by atoms with Crippen LogP contribution in [0.15, 0.2) is 36.4 Å². The fraction of sp³-hybridized carbons (Fsp3) is 0.444. The number of carbonyl (C=O) groups excluding carboxylic acids is 1. The van der Waals surface area contributed by atoms with Crippen LogP contribution >= 0.6 is 0 Å². The highest BCUT2D eigenvalue weighted by atomic mass is 32.2. The van der Waals surface area contributed by atoms with Crippen molar-refractivity contribution in [3.8, 4) is 0 Å². The van der Waals surface area contributed by atoms with Crippen molar-refractivity contribution in [2.45, 2.75) is 44.8 Å². The minimum absolute atomic E-state index is 0.0577. The molecule has 1 fully saturated rings. The van der Waals surface area contributed by atoms with Gasteiger partial charge in [0.1, 0.15) is 17.3 Å². The molecule has 1 saturated heterocycles. The third-order valence-corrected chi connectivity index (χ3v) is 7.59. The molecule has 1 unspecified atom stereocenters. The molecule has 2 atom stereocenters. The summed E-state index contributed by atoms with van der Waals surface area (Å²) in [4.78, 5) is 29.0. The molecule has 1 aromatic heterocycles. The number of hydrogen-bond acceptors (Lipinski definition) is 10. The van der Waals surface area contributed by atoms with Crippen molar-refractivity contribution in [3.05, 3.63) is 59.0 Å². The fourth-order valence-electron chi connectivity index (χ4n) is 4.28. The van der Waals surface area contributed by atoms with Crippen molar-refractivity contribution in [2.24, 2.45) is 5.73 Å². The maximum absolute atomic E-state index is 15.2. The van der Waals surface area contributed by atoms with Crippen LogP contribution < -0.4 is 20.6 Å². The largest absolute Gasteiger partial charge is 0.478 e. The Morgan fingerprint density at radius 2 is 1.69 bits per heavy atom. The van der Waals surface area contributed by atoms with Gasteiger partial charge in [-0.2, -0.15) is 18.2 Å². The number of piperazine rings is 1. The van der Waals surface area contributed by atoms with E-state index in [1.807, 2.05) is 9.55 Å². The number of pyridine rings is 1. The van der Waals surface area contributed by atoms with Crippen LogP contribution in [0, 0.1) is 5.82 Å². The van der Waals surface area contributed by atoms with Crippen LogP contribution in [-0.2, 0) is 35.8 Å². The summed E-state index contributed by atoms with van der Waals surface area (Å²) < 4.78 is 114. The van der Waals surface area contributed by atoms with Gasteiger partial charge in [-0.25, -0.2) is 35.4 Å². The van der Waals surface area contributed by atoms with Crippen LogP contribution in [0.5, 0.6) is 0 Å². The lowest BCUT2D eigenvalue weighted by molar-refractivity contribution is -0.181. The summed E-state index contributed by atoms with van der Waals surface area (Å²) in [5.41, 5.74) is 4.42. The van der Waals surface area contributed by atoms with Crippen molar-refractivity contribution in [3.63, 3.8) is 0 Å². The lowest BCUT2D eigenvalue weighted by Gasteiger charge is -2.44. The molecule has 268 valence electrons. The van der Waals surface area contributed by atoms with Gasteiger partial charge in [0, 0.05) is 36.8 Å². The van der Waals surface area contributed by atoms with E-state index < -0.39 is 68.0 Å². The van der Waals surface area contributed by atoms with Crippen molar-refractivity contribution in [2.75, 3.05) is 42.2 Å². The minimum atomic E-state index is -4.51. The summed E-state index contributed by atoms with van der Waals surface area (Å²) in [6, 6.07) is 5.07. The zero-order chi connectivity index (χ0) is 36.8. The van der Waals surface area contributed by atoms with E-state index in [1.165, 1.54) is 29.2 Å². The van der Waals surface area contributed by atoms with Crippen LogP contribution in [0.25, 0.3) is 6.08 Å². The van der Waals surface area contributed by atoms with E-state index in [0.717, 1.165) is 30.7 Å². The van der Waals surface area contributed by atoms with Crippen molar-refractivity contribution in [1.82, 2.24) is 19.7 Å². The number of amides is 1. The number of halogens is 5. The maximum Gasteiger partial charge on any atom is 0.433 e. The van der Waals surface area contributed by atoms with Gasteiger partial charge in [-0.3, -0.25) is 14.4 Å². The molecule has 0 saturated carbocycles. The predicted octanol–water partition coefficient (Wildman–Crippen LogP) is 2.51. The lowest BCUT2D eigenvalue weighted by atomic mass is 10.0. The third-order valence-electron chi connectivity index (χ3n) is 6.44. The molecule has 1 aliphatic rings. The summed E-state index contributed by atoms with van der Waals surface area (Å²) in [6.07, 6.45) is -0.478. The van der Waals surface area contributed by atoms with Gasteiger partial charge in [-0.05, 0) is 56.7 Å². The minimum Gasteiger partial charge on any atom is -0.478 e. The number of carbonyl (C=O) groups is 2. The monoisotopic (exact) mass is 729 g/mol. The van der Waals surface area contributed by atoms with Crippen molar-refractivity contribution < 1.29 is 53.5 Å². The Morgan fingerprint density at radius 1 is 1.06 bits per heavy atom.